The highest BCUT2D eigenvalue weighted by Crippen LogP contribution is 2.31. The summed E-state index contributed by atoms with van der Waals surface area (Å²) in [6.45, 7) is 3.42. The Morgan fingerprint density at radius 3 is 3.05 bits per heavy atom. The topological polar surface area (TPSA) is 33.1 Å². The average Bonchev–Trinajstić information content (AvgIpc) is 3.04. The second-order valence-corrected chi connectivity index (χ2v) is 5.78. The fourth-order valence-electron chi connectivity index (χ4n) is 3.71. The SMILES string of the molecule is Cn1c(N2CCCC3CNCC32)nc2ccccc21. The number of para-hydroxylation sites is 2. The molecule has 4 heteroatoms. The van der Waals surface area contributed by atoms with Crippen molar-refractivity contribution in [1.29, 1.82) is 0 Å². The Morgan fingerprint density at radius 2 is 2.16 bits per heavy atom. The zero-order valence-corrected chi connectivity index (χ0v) is 11.3. The first-order chi connectivity index (χ1) is 9.34. The number of hydrogen-bond donors (Lipinski definition) is 1. The van der Waals surface area contributed by atoms with Crippen LogP contribution in [-0.2, 0) is 7.05 Å². The summed E-state index contributed by atoms with van der Waals surface area (Å²) in [4.78, 5) is 7.38. The highest BCUT2D eigenvalue weighted by Gasteiger charge is 2.36. The van der Waals surface area contributed by atoms with Crippen molar-refractivity contribution >= 4 is 17.0 Å². The number of aromatic nitrogens is 2. The second-order valence-electron chi connectivity index (χ2n) is 5.78. The average molecular weight is 256 g/mol. The van der Waals surface area contributed by atoms with Gasteiger partial charge in [-0.05, 0) is 30.9 Å². The van der Waals surface area contributed by atoms with Crippen LogP contribution in [0.5, 0.6) is 0 Å². The van der Waals surface area contributed by atoms with E-state index >= 15 is 0 Å². The Hall–Kier alpha value is -1.55. The van der Waals surface area contributed by atoms with Crippen LogP contribution in [0, 0.1) is 5.92 Å². The van der Waals surface area contributed by atoms with Crippen LogP contribution in [-0.4, -0.2) is 35.2 Å². The van der Waals surface area contributed by atoms with Gasteiger partial charge in [-0.2, -0.15) is 0 Å². The molecule has 1 aromatic heterocycles. The number of benzene rings is 1. The van der Waals surface area contributed by atoms with Gasteiger partial charge in [0, 0.05) is 32.7 Å². The van der Waals surface area contributed by atoms with Crippen molar-refractivity contribution in [2.75, 3.05) is 24.5 Å². The zero-order valence-electron chi connectivity index (χ0n) is 11.3. The van der Waals surface area contributed by atoms with Gasteiger partial charge < -0.3 is 14.8 Å². The van der Waals surface area contributed by atoms with Crippen molar-refractivity contribution in [3.8, 4) is 0 Å². The van der Waals surface area contributed by atoms with E-state index in [-0.39, 0.29) is 0 Å². The summed E-state index contributed by atoms with van der Waals surface area (Å²) in [5.41, 5.74) is 2.33. The lowest BCUT2D eigenvalue weighted by molar-refractivity contribution is 0.379. The summed E-state index contributed by atoms with van der Waals surface area (Å²) in [5.74, 6) is 1.94. The number of anilines is 1. The Morgan fingerprint density at radius 1 is 1.26 bits per heavy atom. The lowest BCUT2D eigenvalue weighted by Crippen LogP contribution is -2.46. The van der Waals surface area contributed by atoms with Crippen molar-refractivity contribution in [3.63, 3.8) is 0 Å². The van der Waals surface area contributed by atoms with Gasteiger partial charge in [0.25, 0.3) is 0 Å². The van der Waals surface area contributed by atoms with Crippen LogP contribution in [0.4, 0.5) is 5.95 Å². The number of nitrogens with zero attached hydrogens (tertiary/aromatic N) is 3. The molecule has 2 fully saturated rings. The van der Waals surface area contributed by atoms with Crippen LogP contribution in [0.2, 0.25) is 0 Å². The fourth-order valence-corrected chi connectivity index (χ4v) is 3.71. The number of piperidine rings is 1. The lowest BCUT2D eigenvalue weighted by atomic mass is 9.92. The van der Waals surface area contributed by atoms with Crippen LogP contribution >= 0.6 is 0 Å². The molecule has 4 nitrogen and oxygen atoms in total. The third-order valence-electron chi connectivity index (χ3n) is 4.70. The van der Waals surface area contributed by atoms with Crippen LogP contribution in [0.3, 0.4) is 0 Å². The monoisotopic (exact) mass is 256 g/mol. The molecule has 19 heavy (non-hydrogen) atoms. The Balaban J connectivity index is 1.78. The summed E-state index contributed by atoms with van der Waals surface area (Å²) in [6, 6.07) is 9.04. The fraction of sp³-hybridized carbons (Fsp3) is 0.533. The molecule has 0 aliphatic carbocycles. The molecule has 2 saturated heterocycles. The molecule has 2 unspecified atom stereocenters. The van der Waals surface area contributed by atoms with Gasteiger partial charge in [0.1, 0.15) is 0 Å². The van der Waals surface area contributed by atoms with E-state index in [1.165, 1.54) is 24.9 Å². The molecule has 4 rings (SSSR count). The molecule has 100 valence electrons. The predicted molar refractivity (Wildman–Crippen MR) is 77.4 cm³/mol. The van der Waals surface area contributed by atoms with Crippen LogP contribution < -0.4 is 10.2 Å². The molecule has 0 saturated carbocycles. The molecule has 2 atom stereocenters. The summed E-state index contributed by atoms with van der Waals surface area (Å²) in [5, 5.41) is 3.54. The van der Waals surface area contributed by atoms with Gasteiger partial charge in [-0.15, -0.1) is 0 Å². The van der Waals surface area contributed by atoms with E-state index in [1.54, 1.807) is 0 Å². The molecule has 0 amide bonds. The van der Waals surface area contributed by atoms with E-state index < -0.39 is 0 Å². The van der Waals surface area contributed by atoms with Gasteiger partial charge >= 0.3 is 0 Å². The molecule has 2 aromatic rings. The maximum atomic E-state index is 4.86. The number of hydrogen-bond acceptors (Lipinski definition) is 3. The highest BCUT2D eigenvalue weighted by molar-refractivity contribution is 5.78. The number of aryl methyl sites for hydroxylation is 1. The summed E-state index contributed by atoms with van der Waals surface area (Å²) >= 11 is 0. The number of fused-ring (bicyclic) bond motifs is 2. The maximum absolute atomic E-state index is 4.86. The van der Waals surface area contributed by atoms with Gasteiger partial charge in [-0.25, -0.2) is 4.98 Å². The molecule has 2 aliphatic heterocycles. The first-order valence-electron chi connectivity index (χ1n) is 7.23. The van der Waals surface area contributed by atoms with Crippen LogP contribution in [0.15, 0.2) is 24.3 Å². The van der Waals surface area contributed by atoms with E-state index in [4.69, 9.17) is 4.98 Å². The molecular weight excluding hydrogens is 236 g/mol. The Labute approximate surface area is 113 Å². The number of rotatable bonds is 1. The van der Waals surface area contributed by atoms with Crippen molar-refractivity contribution in [1.82, 2.24) is 14.9 Å². The molecule has 3 heterocycles. The van der Waals surface area contributed by atoms with E-state index in [9.17, 15) is 0 Å². The number of imidazole rings is 1. The standard InChI is InChI=1S/C15H20N4/c1-18-13-7-3-2-6-12(13)17-15(18)19-8-4-5-11-9-16-10-14(11)19/h2-3,6-7,11,14,16H,4-5,8-10H2,1H3. The van der Waals surface area contributed by atoms with E-state index in [0.29, 0.717) is 6.04 Å². The number of nitrogens with one attached hydrogen (secondary N) is 1. The van der Waals surface area contributed by atoms with Gasteiger partial charge in [0.15, 0.2) is 0 Å². The smallest absolute Gasteiger partial charge is 0.206 e. The van der Waals surface area contributed by atoms with Gasteiger partial charge in [0.2, 0.25) is 5.95 Å². The molecule has 2 aliphatic rings. The highest BCUT2D eigenvalue weighted by atomic mass is 15.3. The minimum atomic E-state index is 0.629. The predicted octanol–water partition coefficient (Wildman–Crippen LogP) is 1.76. The van der Waals surface area contributed by atoms with Crippen molar-refractivity contribution < 1.29 is 0 Å². The third-order valence-corrected chi connectivity index (χ3v) is 4.70. The molecule has 1 N–H and O–H groups in total. The van der Waals surface area contributed by atoms with Gasteiger partial charge in [0.05, 0.1) is 11.0 Å². The minimum absolute atomic E-state index is 0.629. The Kier molecular flexibility index (Phi) is 2.52. The summed E-state index contributed by atoms with van der Waals surface area (Å²) in [6.07, 6.45) is 2.64. The maximum Gasteiger partial charge on any atom is 0.206 e. The van der Waals surface area contributed by atoms with Crippen LogP contribution in [0.25, 0.3) is 11.0 Å². The van der Waals surface area contributed by atoms with E-state index in [0.717, 1.165) is 30.5 Å². The molecule has 1 aromatic carbocycles. The lowest BCUT2D eigenvalue weighted by Gasteiger charge is -2.37. The summed E-state index contributed by atoms with van der Waals surface area (Å²) in [7, 11) is 2.14. The van der Waals surface area contributed by atoms with Crippen molar-refractivity contribution in [2.45, 2.75) is 18.9 Å². The van der Waals surface area contributed by atoms with Gasteiger partial charge in [-0.1, -0.05) is 12.1 Å². The first-order valence-corrected chi connectivity index (χ1v) is 7.23. The second kappa shape index (κ2) is 4.23. The summed E-state index contributed by atoms with van der Waals surface area (Å²) < 4.78 is 2.25. The van der Waals surface area contributed by atoms with Gasteiger partial charge in [-0.3, -0.25) is 0 Å². The Bertz CT molecular complexity index is 603. The largest absolute Gasteiger partial charge is 0.338 e. The van der Waals surface area contributed by atoms with Crippen molar-refractivity contribution in [3.05, 3.63) is 24.3 Å². The minimum Gasteiger partial charge on any atom is -0.338 e. The quantitative estimate of drug-likeness (QED) is 0.844. The molecule has 0 radical (unpaired) electrons. The first kappa shape index (κ1) is 11.3. The van der Waals surface area contributed by atoms with Crippen LogP contribution in [0.1, 0.15) is 12.8 Å². The van der Waals surface area contributed by atoms with E-state index in [1.807, 2.05) is 0 Å². The van der Waals surface area contributed by atoms with E-state index in [2.05, 4.69) is 46.1 Å². The molecular formula is C15H20N4. The normalized spacial score (nSPS) is 26.9. The molecule has 0 spiro atoms. The van der Waals surface area contributed by atoms with Crippen molar-refractivity contribution in [2.24, 2.45) is 13.0 Å². The third kappa shape index (κ3) is 1.66. The molecule has 0 bridgehead atoms. The zero-order chi connectivity index (χ0) is 12.8.